The molecular weight excluding hydrogens is 275 g/mol. The van der Waals surface area contributed by atoms with Crippen LogP contribution in [0, 0.1) is 0 Å². The number of carbonyl (C=O) groups excluding carboxylic acids is 1. The Bertz CT molecular complexity index is 480. The van der Waals surface area contributed by atoms with E-state index in [1.807, 2.05) is 4.90 Å². The van der Waals surface area contributed by atoms with Crippen LogP contribution in [0.3, 0.4) is 0 Å². The van der Waals surface area contributed by atoms with Gasteiger partial charge in [-0.15, -0.1) is 0 Å². The summed E-state index contributed by atoms with van der Waals surface area (Å²) in [7, 11) is 1.72. The first kappa shape index (κ1) is 13.2. The van der Waals surface area contributed by atoms with Crippen LogP contribution in [0.25, 0.3) is 0 Å². The van der Waals surface area contributed by atoms with Gasteiger partial charge in [-0.3, -0.25) is 4.79 Å². The number of rotatable bonds is 3. The highest BCUT2D eigenvalue weighted by atomic mass is 35.5. The third kappa shape index (κ3) is 2.33. The topological polar surface area (TPSA) is 71.2 Å². The van der Waals surface area contributed by atoms with Gasteiger partial charge in [0.05, 0.1) is 10.0 Å². The van der Waals surface area contributed by atoms with Crippen molar-refractivity contribution in [2.75, 3.05) is 23.8 Å². The van der Waals surface area contributed by atoms with Crippen molar-refractivity contribution in [3.63, 3.8) is 0 Å². The van der Waals surface area contributed by atoms with Gasteiger partial charge in [-0.2, -0.15) is 0 Å². The Morgan fingerprint density at radius 1 is 1.56 bits per heavy atom. The van der Waals surface area contributed by atoms with Crippen LogP contribution in [0.15, 0.2) is 6.07 Å². The van der Waals surface area contributed by atoms with Crippen molar-refractivity contribution in [1.82, 2.24) is 4.98 Å². The van der Waals surface area contributed by atoms with E-state index in [-0.39, 0.29) is 11.9 Å². The predicted octanol–water partition coefficient (Wildman–Crippen LogP) is 1.88. The van der Waals surface area contributed by atoms with E-state index in [9.17, 15) is 4.79 Å². The maximum Gasteiger partial charge on any atom is 0.240 e. The molecule has 1 aromatic rings. The van der Waals surface area contributed by atoms with E-state index >= 15 is 0 Å². The van der Waals surface area contributed by atoms with E-state index < -0.39 is 0 Å². The number of nitrogens with two attached hydrogens (primary N) is 1. The van der Waals surface area contributed by atoms with Gasteiger partial charge in [0.1, 0.15) is 11.9 Å². The summed E-state index contributed by atoms with van der Waals surface area (Å²) in [5, 5.41) is 3.75. The third-order valence-electron chi connectivity index (χ3n) is 3.00. The highest BCUT2D eigenvalue weighted by molar-refractivity contribution is 6.37. The molecule has 1 saturated heterocycles. The fourth-order valence-corrected chi connectivity index (χ4v) is 2.71. The monoisotopic (exact) mass is 288 g/mol. The van der Waals surface area contributed by atoms with Gasteiger partial charge in [-0.05, 0) is 18.9 Å². The lowest BCUT2D eigenvalue weighted by Crippen LogP contribution is -2.40. The van der Waals surface area contributed by atoms with Crippen LogP contribution in [0.1, 0.15) is 12.8 Å². The Labute approximate surface area is 115 Å². The van der Waals surface area contributed by atoms with Gasteiger partial charge in [0.2, 0.25) is 5.91 Å². The Kier molecular flexibility index (Phi) is 3.82. The lowest BCUT2D eigenvalue weighted by Gasteiger charge is -2.24. The standard InChI is InChI=1S/C11H14Cl2N4O/c1-15-10-6(12)5-7(13)11(16-10)17-4-2-3-8(17)9(14)18/h5,8H,2-4H2,1H3,(H2,14,18)(H,15,16). The van der Waals surface area contributed by atoms with Crippen LogP contribution in [0.4, 0.5) is 11.6 Å². The minimum absolute atomic E-state index is 0.346. The molecule has 1 aromatic heterocycles. The lowest BCUT2D eigenvalue weighted by molar-refractivity contribution is -0.119. The fourth-order valence-electron chi connectivity index (χ4n) is 2.15. The van der Waals surface area contributed by atoms with Crippen LogP contribution in [0.2, 0.25) is 10.0 Å². The van der Waals surface area contributed by atoms with Crippen molar-refractivity contribution in [2.24, 2.45) is 5.73 Å². The Hall–Kier alpha value is -1.20. The number of carbonyl (C=O) groups is 1. The van der Waals surface area contributed by atoms with Gasteiger partial charge in [0, 0.05) is 13.6 Å². The van der Waals surface area contributed by atoms with Crippen molar-refractivity contribution >= 4 is 40.7 Å². The van der Waals surface area contributed by atoms with E-state index in [0.29, 0.717) is 28.2 Å². The van der Waals surface area contributed by atoms with E-state index in [1.54, 1.807) is 13.1 Å². The molecule has 1 fully saturated rings. The second-order valence-corrected chi connectivity index (χ2v) is 4.94. The number of primary amides is 1. The molecule has 7 heteroatoms. The molecule has 0 bridgehead atoms. The first-order chi connectivity index (χ1) is 8.54. The van der Waals surface area contributed by atoms with E-state index in [4.69, 9.17) is 28.9 Å². The zero-order chi connectivity index (χ0) is 13.3. The number of hydrogen-bond acceptors (Lipinski definition) is 4. The highest BCUT2D eigenvalue weighted by Crippen LogP contribution is 2.34. The van der Waals surface area contributed by atoms with Gasteiger partial charge in [0.15, 0.2) is 5.82 Å². The quantitative estimate of drug-likeness (QED) is 0.891. The Morgan fingerprint density at radius 2 is 2.28 bits per heavy atom. The molecule has 2 heterocycles. The number of aromatic nitrogens is 1. The number of nitrogens with one attached hydrogen (secondary N) is 1. The smallest absolute Gasteiger partial charge is 0.240 e. The minimum atomic E-state index is -0.355. The van der Waals surface area contributed by atoms with E-state index in [0.717, 1.165) is 12.8 Å². The first-order valence-electron chi connectivity index (χ1n) is 5.64. The van der Waals surface area contributed by atoms with Gasteiger partial charge >= 0.3 is 0 Å². The molecule has 0 aromatic carbocycles. The molecule has 1 aliphatic rings. The number of nitrogens with zero attached hydrogens (tertiary/aromatic N) is 2. The first-order valence-corrected chi connectivity index (χ1v) is 6.40. The second kappa shape index (κ2) is 5.20. The highest BCUT2D eigenvalue weighted by Gasteiger charge is 2.31. The largest absolute Gasteiger partial charge is 0.372 e. The average Bonchev–Trinajstić information content (AvgIpc) is 2.78. The zero-order valence-corrected chi connectivity index (χ0v) is 11.4. The maximum atomic E-state index is 11.4. The van der Waals surface area contributed by atoms with Gasteiger partial charge in [-0.25, -0.2) is 4.98 Å². The maximum absolute atomic E-state index is 11.4. The number of amides is 1. The summed E-state index contributed by atoms with van der Waals surface area (Å²) in [4.78, 5) is 17.6. The summed E-state index contributed by atoms with van der Waals surface area (Å²) in [5.74, 6) is 0.726. The summed E-state index contributed by atoms with van der Waals surface area (Å²) in [6, 6.07) is 1.27. The van der Waals surface area contributed by atoms with E-state index in [1.165, 1.54) is 0 Å². The Balaban J connectivity index is 2.41. The van der Waals surface area contributed by atoms with E-state index in [2.05, 4.69) is 10.3 Å². The predicted molar refractivity (Wildman–Crippen MR) is 73.4 cm³/mol. The summed E-state index contributed by atoms with van der Waals surface area (Å²) in [5.41, 5.74) is 5.38. The van der Waals surface area contributed by atoms with Crippen LogP contribution in [-0.2, 0) is 4.79 Å². The average molecular weight is 289 g/mol. The summed E-state index contributed by atoms with van der Waals surface area (Å²) in [6.07, 6.45) is 1.62. The molecule has 1 amide bonds. The summed E-state index contributed by atoms with van der Waals surface area (Å²) >= 11 is 12.1. The van der Waals surface area contributed by atoms with Crippen LogP contribution >= 0.6 is 23.2 Å². The minimum Gasteiger partial charge on any atom is -0.372 e. The SMILES string of the molecule is CNc1nc(N2CCCC2C(N)=O)c(Cl)cc1Cl. The molecule has 0 spiro atoms. The third-order valence-corrected chi connectivity index (χ3v) is 3.57. The molecule has 18 heavy (non-hydrogen) atoms. The van der Waals surface area contributed by atoms with Crippen molar-refractivity contribution in [1.29, 1.82) is 0 Å². The van der Waals surface area contributed by atoms with Crippen molar-refractivity contribution in [2.45, 2.75) is 18.9 Å². The normalized spacial score (nSPS) is 19.1. The molecule has 0 radical (unpaired) electrons. The lowest BCUT2D eigenvalue weighted by atomic mass is 10.2. The molecule has 0 saturated carbocycles. The van der Waals surface area contributed by atoms with Gasteiger partial charge < -0.3 is 16.0 Å². The van der Waals surface area contributed by atoms with Crippen LogP contribution < -0.4 is 16.0 Å². The molecule has 1 unspecified atom stereocenters. The molecule has 1 atom stereocenters. The van der Waals surface area contributed by atoms with Crippen molar-refractivity contribution in [3.05, 3.63) is 16.1 Å². The van der Waals surface area contributed by atoms with Crippen molar-refractivity contribution in [3.8, 4) is 0 Å². The number of pyridine rings is 1. The molecular formula is C11H14Cl2N4O. The van der Waals surface area contributed by atoms with Crippen LogP contribution in [-0.4, -0.2) is 30.5 Å². The zero-order valence-electron chi connectivity index (χ0n) is 9.91. The molecule has 5 nitrogen and oxygen atoms in total. The summed E-state index contributed by atoms with van der Waals surface area (Å²) < 4.78 is 0. The second-order valence-electron chi connectivity index (χ2n) is 4.13. The van der Waals surface area contributed by atoms with Crippen molar-refractivity contribution < 1.29 is 4.79 Å². The molecule has 2 rings (SSSR count). The summed E-state index contributed by atoms with van der Waals surface area (Å²) in [6.45, 7) is 0.713. The molecule has 1 aliphatic heterocycles. The number of anilines is 2. The molecule has 3 N–H and O–H groups in total. The molecule has 98 valence electrons. The van der Waals surface area contributed by atoms with Gasteiger partial charge in [0.25, 0.3) is 0 Å². The van der Waals surface area contributed by atoms with Gasteiger partial charge in [-0.1, -0.05) is 23.2 Å². The number of halogens is 2. The number of hydrogen-bond donors (Lipinski definition) is 2. The molecule has 0 aliphatic carbocycles. The van der Waals surface area contributed by atoms with Crippen LogP contribution in [0.5, 0.6) is 0 Å². The fraction of sp³-hybridized carbons (Fsp3) is 0.455. The Morgan fingerprint density at radius 3 is 2.89 bits per heavy atom.